The highest BCUT2D eigenvalue weighted by Crippen LogP contribution is 2.22. The van der Waals surface area contributed by atoms with E-state index in [-0.39, 0.29) is 0 Å². The van der Waals surface area contributed by atoms with Crippen molar-refractivity contribution in [3.8, 4) is 0 Å². The summed E-state index contributed by atoms with van der Waals surface area (Å²) in [5, 5.41) is 0.776. The zero-order valence-corrected chi connectivity index (χ0v) is 17.7. The van der Waals surface area contributed by atoms with Crippen LogP contribution in [-0.2, 0) is 4.74 Å². The van der Waals surface area contributed by atoms with Gasteiger partial charge in [-0.15, -0.1) is 0 Å². The number of hydrogen-bond donors (Lipinski definition) is 0. The van der Waals surface area contributed by atoms with Gasteiger partial charge in [-0.3, -0.25) is 14.8 Å². The molecule has 1 atom stereocenters. The van der Waals surface area contributed by atoms with Crippen molar-refractivity contribution in [2.24, 2.45) is 4.99 Å². The molecule has 5 nitrogen and oxygen atoms in total. The zero-order valence-electron chi connectivity index (χ0n) is 17.0. The Kier molecular flexibility index (Phi) is 6.36. The van der Waals surface area contributed by atoms with E-state index >= 15 is 0 Å². The SMILES string of the molecule is CC(C)N1CCOC(CN2CCN(C3=NCC(c4ccc(Cl)cc4)=C3)CC2)C1. The molecule has 28 heavy (non-hydrogen) atoms. The topological polar surface area (TPSA) is 31.3 Å². The normalized spacial score (nSPS) is 24.6. The van der Waals surface area contributed by atoms with Crippen LogP contribution >= 0.6 is 11.6 Å². The van der Waals surface area contributed by atoms with E-state index in [1.165, 1.54) is 11.1 Å². The van der Waals surface area contributed by atoms with E-state index in [9.17, 15) is 0 Å². The summed E-state index contributed by atoms with van der Waals surface area (Å²) in [5.41, 5.74) is 2.49. The largest absolute Gasteiger partial charge is 0.374 e. The van der Waals surface area contributed by atoms with Gasteiger partial charge in [0.05, 0.1) is 19.3 Å². The standard InChI is InChI=1S/C22H31ClN4O/c1-17(2)27-11-12-28-21(16-27)15-25-7-9-26(10-8-25)22-13-19(14-24-22)18-3-5-20(23)6-4-18/h3-6,13,17,21H,7-12,14-16H2,1-2H3. The van der Waals surface area contributed by atoms with E-state index in [0.717, 1.165) is 69.8 Å². The van der Waals surface area contributed by atoms with Gasteiger partial charge >= 0.3 is 0 Å². The maximum absolute atomic E-state index is 6.02. The molecule has 0 amide bonds. The fourth-order valence-corrected chi connectivity index (χ4v) is 4.34. The first kappa shape index (κ1) is 19.9. The van der Waals surface area contributed by atoms with Gasteiger partial charge in [0.15, 0.2) is 0 Å². The molecule has 2 fully saturated rings. The minimum atomic E-state index is 0.336. The molecule has 3 aliphatic heterocycles. The summed E-state index contributed by atoms with van der Waals surface area (Å²) in [7, 11) is 0. The lowest BCUT2D eigenvalue weighted by Crippen LogP contribution is -2.54. The van der Waals surface area contributed by atoms with E-state index in [1.807, 2.05) is 12.1 Å². The molecule has 0 spiro atoms. The molecule has 3 heterocycles. The summed E-state index contributed by atoms with van der Waals surface area (Å²) in [5.74, 6) is 1.13. The Balaban J connectivity index is 1.27. The Morgan fingerprint density at radius 3 is 2.57 bits per heavy atom. The molecule has 1 unspecified atom stereocenters. The highest BCUT2D eigenvalue weighted by molar-refractivity contribution is 6.30. The van der Waals surface area contributed by atoms with Crippen LogP contribution in [0, 0.1) is 0 Å². The van der Waals surface area contributed by atoms with E-state index in [2.05, 4.69) is 46.8 Å². The van der Waals surface area contributed by atoms with Crippen LogP contribution in [0.2, 0.25) is 5.02 Å². The molecule has 0 saturated carbocycles. The molecule has 3 aliphatic rings. The summed E-state index contributed by atoms with van der Waals surface area (Å²) in [6.45, 7) is 13.5. The number of aliphatic imine (C=N–C) groups is 1. The molecule has 0 N–H and O–H groups in total. The first-order valence-corrected chi connectivity index (χ1v) is 10.8. The molecule has 6 heteroatoms. The third-order valence-corrected chi connectivity index (χ3v) is 6.24. The van der Waals surface area contributed by atoms with Gasteiger partial charge in [-0.1, -0.05) is 23.7 Å². The van der Waals surface area contributed by atoms with Crippen LogP contribution in [0.5, 0.6) is 0 Å². The Morgan fingerprint density at radius 2 is 1.86 bits per heavy atom. The molecular formula is C22H31ClN4O. The van der Waals surface area contributed by atoms with Gasteiger partial charge in [0, 0.05) is 56.9 Å². The van der Waals surface area contributed by atoms with Crippen molar-refractivity contribution in [1.29, 1.82) is 0 Å². The average molecular weight is 403 g/mol. The summed E-state index contributed by atoms with van der Waals surface area (Å²) in [6.07, 6.45) is 2.58. The molecule has 0 aromatic heterocycles. The molecule has 152 valence electrons. The van der Waals surface area contributed by atoms with E-state index in [0.29, 0.717) is 12.1 Å². The Bertz CT molecular complexity index is 723. The highest BCUT2D eigenvalue weighted by Gasteiger charge is 2.27. The third kappa shape index (κ3) is 4.77. The van der Waals surface area contributed by atoms with Crippen molar-refractivity contribution in [2.75, 3.05) is 59.0 Å². The van der Waals surface area contributed by atoms with Crippen molar-refractivity contribution in [1.82, 2.24) is 14.7 Å². The molecule has 1 aromatic rings. The van der Waals surface area contributed by atoms with Gasteiger partial charge in [0.25, 0.3) is 0 Å². The van der Waals surface area contributed by atoms with Gasteiger partial charge in [-0.05, 0) is 43.2 Å². The second kappa shape index (κ2) is 8.95. The van der Waals surface area contributed by atoms with Gasteiger partial charge < -0.3 is 9.64 Å². The molecular weight excluding hydrogens is 372 g/mol. The maximum atomic E-state index is 6.02. The quantitative estimate of drug-likeness (QED) is 0.775. The number of halogens is 1. The van der Waals surface area contributed by atoms with E-state index < -0.39 is 0 Å². The maximum Gasteiger partial charge on any atom is 0.124 e. The van der Waals surface area contributed by atoms with Crippen LogP contribution in [0.3, 0.4) is 0 Å². The lowest BCUT2D eigenvalue weighted by Gasteiger charge is -2.40. The second-order valence-electron chi connectivity index (χ2n) is 8.22. The van der Waals surface area contributed by atoms with Gasteiger partial charge in [0.1, 0.15) is 5.84 Å². The number of nitrogens with zero attached hydrogens (tertiary/aromatic N) is 4. The zero-order chi connectivity index (χ0) is 19.5. The third-order valence-electron chi connectivity index (χ3n) is 5.99. The van der Waals surface area contributed by atoms with E-state index in [4.69, 9.17) is 21.3 Å². The summed E-state index contributed by atoms with van der Waals surface area (Å²) in [6, 6.07) is 8.65. The number of piperazine rings is 1. The molecule has 4 rings (SSSR count). The van der Waals surface area contributed by atoms with Crippen LogP contribution in [0.4, 0.5) is 0 Å². The number of benzene rings is 1. The first-order valence-electron chi connectivity index (χ1n) is 10.4. The average Bonchev–Trinajstić information content (AvgIpc) is 3.19. The highest BCUT2D eigenvalue weighted by atomic mass is 35.5. The lowest BCUT2D eigenvalue weighted by molar-refractivity contribution is -0.0548. The Labute approximate surface area is 173 Å². The van der Waals surface area contributed by atoms with Crippen LogP contribution < -0.4 is 0 Å². The Hall–Kier alpha value is -1.40. The molecule has 0 radical (unpaired) electrons. The fourth-order valence-electron chi connectivity index (χ4n) is 4.21. The first-order chi connectivity index (χ1) is 13.6. The number of amidine groups is 1. The predicted octanol–water partition coefficient (Wildman–Crippen LogP) is 2.86. The Morgan fingerprint density at radius 1 is 1.11 bits per heavy atom. The van der Waals surface area contributed by atoms with Crippen molar-refractivity contribution in [3.05, 3.63) is 40.9 Å². The number of morpholine rings is 1. The number of hydrogen-bond acceptors (Lipinski definition) is 5. The van der Waals surface area contributed by atoms with Crippen LogP contribution in [0.25, 0.3) is 5.57 Å². The van der Waals surface area contributed by atoms with Crippen LogP contribution in [0.15, 0.2) is 35.3 Å². The molecule has 0 bridgehead atoms. The second-order valence-corrected chi connectivity index (χ2v) is 8.66. The predicted molar refractivity (Wildman–Crippen MR) is 116 cm³/mol. The summed E-state index contributed by atoms with van der Waals surface area (Å²) < 4.78 is 6.02. The molecule has 2 saturated heterocycles. The van der Waals surface area contributed by atoms with Crippen molar-refractivity contribution < 1.29 is 4.74 Å². The van der Waals surface area contributed by atoms with Gasteiger partial charge in [-0.25, -0.2) is 0 Å². The van der Waals surface area contributed by atoms with Crippen molar-refractivity contribution in [3.63, 3.8) is 0 Å². The van der Waals surface area contributed by atoms with Crippen LogP contribution in [-0.4, -0.2) is 91.6 Å². The smallest absolute Gasteiger partial charge is 0.124 e. The fraction of sp³-hybridized carbons (Fsp3) is 0.591. The molecule has 1 aromatic carbocycles. The van der Waals surface area contributed by atoms with Crippen molar-refractivity contribution >= 4 is 23.0 Å². The van der Waals surface area contributed by atoms with E-state index in [1.54, 1.807) is 0 Å². The lowest BCUT2D eigenvalue weighted by atomic mass is 10.1. The number of ether oxygens (including phenoxy) is 1. The summed E-state index contributed by atoms with van der Waals surface area (Å²) >= 11 is 6.00. The minimum absolute atomic E-state index is 0.336. The summed E-state index contributed by atoms with van der Waals surface area (Å²) in [4.78, 5) is 12.3. The monoisotopic (exact) mass is 402 g/mol. The molecule has 0 aliphatic carbocycles. The van der Waals surface area contributed by atoms with Gasteiger partial charge in [-0.2, -0.15) is 0 Å². The van der Waals surface area contributed by atoms with Crippen LogP contribution in [0.1, 0.15) is 19.4 Å². The minimum Gasteiger partial charge on any atom is -0.374 e. The van der Waals surface area contributed by atoms with Crippen molar-refractivity contribution in [2.45, 2.75) is 26.0 Å². The van der Waals surface area contributed by atoms with Gasteiger partial charge in [0.2, 0.25) is 0 Å². The number of rotatable bonds is 4.